The molecule has 0 radical (unpaired) electrons. The summed E-state index contributed by atoms with van der Waals surface area (Å²) in [6.45, 7) is 3.59. The van der Waals surface area contributed by atoms with Crippen LogP contribution in [-0.2, 0) is 19.1 Å². The minimum absolute atomic E-state index is 0.283. The number of ether oxygens (including phenoxy) is 2. The highest BCUT2D eigenvalue weighted by molar-refractivity contribution is 5.73. The molecule has 2 fully saturated rings. The number of rotatable bonds is 17. The number of hydrogen-bond donors (Lipinski definition) is 2. The molecule has 6 heteroatoms. The Hall–Kier alpha value is -1.14. The van der Waals surface area contributed by atoms with Crippen LogP contribution in [0.2, 0.25) is 0 Å². The minimum Gasteiger partial charge on any atom is -0.481 e. The first kappa shape index (κ1) is 23.1. The van der Waals surface area contributed by atoms with Gasteiger partial charge < -0.3 is 19.7 Å². The molecule has 2 aliphatic rings. The van der Waals surface area contributed by atoms with E-state index in [-0.39, 0.29) is 6.42 Å². The summed E-state index contributed by atoms with van der Waals surface area (Å²) in [6.07, 6.45) is 14.1. The van der Waals surface area contributed by atoms with E-state index in [4.69, 9.17) is 19.7 Å². The van der Waals surface area contributed by atoms with Gasteiger partial charge in [-0.2, -0.15) is 0 Å². The van der Waals surface area contributed by atoms with E-state index in [1.165, 1.54) is 0 Å². The van der Waals surface area contributed by atoms with Crippen LogP contribution in [0.5, 0.6) is 0 Å². The molecule has 2 heterocycles. The zero-order chi connectivity index (χ0) is 20.6. The molecule has 0 aromatic heterocycles. The van der Waals surface area contributed by atoms with Gasteiger partial charge in [-0.15, -0.1) is 0 Å². The quantitative estimate of drug-likeness (QED) is 0.270. The number of carbonyl (C=O) groups is 2. The standard InChI is InChI=1S/C22H38O6/c1-22(2,21(25)26)15-9-5-7-11-17-19(28-17)14-13-18-16(27-18)10-6-3-4-8-12-20(23)24/h16-19H,3-15H2,1-2H3,(H,23,24)(H,25,26). The van der Waals surface area contributed by atoms with E-state index in [1.54, 1.807) is 13.8 Å². The van der Waals surface area contributed by atoms with E-state index in [9.17, 15) is 9.59 Å². The molecule has 0 saturated carbocycles. The molecular weight excluding hydrogens is 360 g/mol. The van der Waals surface area contributed by atoms with Crippen molar-refractivity contribution in [2.45, 2.75) is 122 Å². The Morgan fingerprint density at radius 1 is 0.714 bits per heavy atom. The second kappa shape index (κ2) is 11.1. The SMILES string of the molecule is CC(C)(CCCCCC1OC1CCC1OC1CCCCCCC(=O)O)C(=O)O. The summed E-state index contributed by atoms with van der Waals surface area (Å²) >= 11 is 0. The fraction of sp³-hybridized carbons (Fsp3) is 0.909. The summed E-state index contributed by atoms with van der Waals surface area (Å²) in [4.78, 5) is 21.5. The molecule has 28 heavy (non-hydrogen) atoms. The highest BCUT2D eigenvalue weighted by Crippen LogP contribution is 2.37. The molecule has 0 aliphatic carbocycles. The summed E-state index contributed by atoms with van der Waals surface area (Å²) in [6, 6.07) is 0. The molecule has 2 rings (SSSR count). The molecule has 6 nitrogen and oxygen atoms in total. The van der Waals surface area contributed by atoms with Crippen LogP contribution >= 0.6 is 0 Å². The van der Waals surface area contributed by atoms with E-state index >= 15 is 0 Å². The Morgan fingerprint density at radius 3 is 1.68 bits per heavy atom. The van der Waals surface area contributed by atoms with Crippen LogP contribution in [0.4, 0.5) is 0 Å². The van der Waals surface area contributed by atoms with E-state index in [0.29, 0.717) is 24.4 Å². The summed E-state index contributed by atoms with van der Waals surface area (Å²) in [7, 11) is 0. The first-order valence-electron chi connectivity index (χ1n) is 11.1. The van der Waals surface area contributed by atoms with Gasteiger partial charge in [0, 0.05) is 6.42 Å². The summed E-state index contributed by atoms with van der Waals surface area (Å²) in [5.41, 5.74) is -0.613. The largest absolute Gasteiger partial charge is 0.481 e. The maximum Gasteiger partial charge on any atom is 0.309 e. The van der Waals surface area contributed by atoms with Crippen LogP contribution in [0, 0.1) is 5.41 Å². The molecule has 0 aromatic rings. The summed E-state index contributed by atoms with van der Waals surface area (Å²) < 4.78 is 11.5. The molecule has 0 bridgehead atoms. The van der Waals surface area contributed by atoms with Gasteiger partial charge in [-0.05, 0) is 52.4 Å². The maximum atomic E-state index is 11.1. The Labute approximate surface area is 169 Å². The van der Waals surface area contributed by atoms with Crippen molar-refractivity contribution in [2.24, 2.45) is 5.41 Å². The zero-order valence-corrected chi connectivity index (χ0v) is 17.5. The van der Waals surface area contributed by atoms with E-state index in [0.717, 1.165) is 77.0 Å². The molecular formula is C22H38O6. The van der Waals surface area contributed by atoms with Gasteiger partial charge in [-0.3, -0.25) is 9.59 Å². The second-order valence-corrected chi connectivity index (χ2v) is 9.14. The zero-order valence-electron chi connectivity index (χ0n) is 17.5. The number of unbranched alkanes of at least 4 members (excludes halogenated alkanes) is 5. The normalized spacial score (nSPS) is 26.2. The number of hydrogen-bond acceptors (Lipinski definition) is 4. The van der Waals surface area contributed by atoms with Crippen molar-refractivity contribution >= 4 is 11.9 Å². The van der Waals surface area contributed by atoms with Crippen LogP contribution in [-0.4, -0.2) is 46.6 Å². The van der Waals surface area contributed by atoms with Crippen molar-refractivity contribution in [2.75, 3.05) is 0 Å². The van der Waals surface area contributed by atoms with Gasteiger partial charge in [0.15, 0.2) is 0 Å². The monoisotopic (exact) mass is 398 g/mol. The van der Waals surface area contributed by atoms with E-state index < -0.39 is 17.4 Å². The maximum absolute atomic E-state index is 11.1. The molecule has 4 unspecified atom stereocenters. The average Bonchev–Trinajstić information content (AvgIpc) is 3.52. The fourth-order valence-corrected chi connectivity index (χ4v) is 3.87. The van der Waals surface area contributed by atoms with Crippen molar-refractivity contribution in [1.82, 2.24) is 0 Å². The lowest BCUT2D eigenvalue weighted by atomic mass is 9.87. The Bertz CT molecular complexity index is 503. The van der Waals surface area contributed by atoms with Crippen LogP contribution in [0.1, 0.15) is 97.3 Å². The van der Waals surface area contributed by atoms with Crippen molar-refractivity contribution < 1.29 is 29.3 Å². The topological polar surface area (TPSA) is 99.7 Å². The van der Waals surface area contributed by atoms with Crippen molar-refractivity contribution in [3.05, 3.63) is 0 Å². The third-order valence-corrected chi connectivity index (χ3v) is 6.11. The summed E-state index contributed by atoms with van der Waals surface area (Å²) in [5, 5.41) is 17.7. The van der Waals surface area contributed by atoms with Crippen LogP contribution in [0.15, 0.2) is 0 Å². The Balaban J connectivity index is 1.37. The number of carboxylic acids is 2. The lowest BCUT2D eigenvalue weighted by Crippen LogP contribution is -2.23. The van der Waals surface area contributed by atoms with Gasteiger partial charge in [0.05, 0.1) is 29.8 Å². The molecule has 0 amide bonds. The van der Waals surface area contributed by atoms with Gasteiger partial charge in [0.25, 0.3) is 0 Å². The molecule has 2 saturated heterocycles. The number of aliphatic carboxylic acids is 2. The summed E-state index contributed by atoms with van der Waals surface area (Å²) in [5.74, 6) is -1.41. The first-order chi connectivity index (χ1) is 13.3. The predicted molar refractivity (Wildman–Crippen MR) is 106 cm³/mol. The molecule has 0 aromatic carbocycles. The highest BCUT2D eigenvalue weighted by Gasteiger charge is 2.42. The van der Waals surface area contributed by atoms with Gasteiger partial charge >= 0.3 is 11.9 Å². The minimum atomic E-state index is -0.711. The molecule has 4 atom stereocenters. The Kier molecular flexibility index (Phi) is 9.22. The number of carboxylic acid groups (broad SMARTS) is 2. The van der Waals surface area contributed by atoms with Gasteiger partial charge in [0.2, 0.25) is 0 Å². The van der Waals surface area contributed by atoms with Gasteiger partial charge in [-0.25, -0.2) is 0 Å². The third-order valence-electron chi connectivity index (χ3n) is 6.11. The van der Waals surface area contributed by atoms with Gasteiger partial charge in [0.1, 0.15) is 0 Å². The second-order valence-electron chi connectivity index (χ2n) is 9.14. The molecule has 162 valence electrons. The van der Waals surface area contributed by atoms with Crippen LogP contribution < -0.4 is 0 Å². The lowest BCUT2D eigenvalue weighted by molar-refractivity contribution is -0.147. The van der Waals surface area contributed by atoms with Crippen molar-refractivity contribution in [3.8, 4) is 0 Å². The third kappa shape index (κ3) is 8.91. The first-order valence-corrected chi connectivity index (χ1v) is 11.1. The Morgan fingerprint density at radius 2 is 1.18 bits per heavy atom. The van der Waals surface area contributed by atoms with E-state index in [1.807, 2.05) is 0 Å². The predicted octanol–water partition coefficient (Wildman–Crippen LogP) is 4.79. The molecule has 0 spiro atoms. The average molecular weight is 399 g/mol. The van der Waals surface area contributed by atoms with Crippen LogP contribution in [0.3, 0.4) is 0 Å². The lowest BCUT2D eigenvalue weighted by Gasteiger charge is -2.18. The fourth-order valence-electron chi connectivity index (χ4n) is 3.87. The number of epoxide rings is 2. The van der Waals surface area contributed by atoms with Gasteiger partial charge in [-0.1, -0.05) is 38.5 Å². The van der Waals surface area contributed by atoms with E-state index in [2.05, 4.69) is 0 Å². The van der Waals surface area contributed by atoms with Crippen molar-refractivity contribution in [3.63, 3.8) is 0 Å². The van der Waals surface area contributed by atoms with Crippen molar-refractivity contribution in [1.29, 1.82) is 0 Å². The highest BCUT2D eigenvalue weighted by atomic mass is 16.6. The molecule has 2 aliphatic heterocycles. The molecule has 2 N–H and O–H groups in total. The van der Waals surface area contributed by atoms with Crippen LogP contribution in [0.25, 0.3) is 0 Å². The smallest absolute Gasteiger partial charge is 0.309 e.